The van der Waals surface area contributed by atoms with Crippen LogP contribution in [0.25, 0.3) is 0 Å². The fourth-order valence-corrected chi connectivity index (χ4v) is 2.64. The largest absolute Gasteiger partial charge is 0.481 e. The van der Waals surface area contributed by atoms with Gasteiger partial charge in [-0.25, -0.2) is 4.79 Å². The summed E-state index contributed by atoms with van der Waals surface area (Å²) in [6.07, 6.45) is -1.90. The van der Waals surface area contributed by atoms with Crippen LogP contribution in [0.5, 0.6) is 0 Å². The lowest BCUT2D eigenvalue weighted by molar-refractivity contribution is -0.143. The van der Waals surface area contributed by atoms with Gasteiger partial charge in [0.1, 0.15) is 18.1 Å². The van der Waals surface area contributed by atoms with Crippen molar-refractivity contribution in [3.63, 3.8) is 0 Å². The molecule has 4 unspecified atom stereocenters. The molecule has 0 fully saturated rings. The summed E-state index contributed by atoms with van der Waals surface area (Å²) in [7, 11) is 0. The highest BCUT2D eigenvalue weighted by atomic mass is 32.1. The quantitative estimate of drug-likeness (QED) is 0.0936. The summed E-state index contributed by atoms with van der Waals surface area (Å²) in [5.41, 5.74) is 15.6. The number of thiol groups is 1. The number of nitrogens with two attached hydrogens (primary N) is 3. The zero-order valence-corrected chi connectivity index (χ0v) is 18.4. The average Bonchev–Trinajstić information content (AvgIpc) is 2.71. The molecule has 0 radical (unpaired) electrons. The van der Waals surface area contributed by atoms with Gasteiger partial charge in [0.05, 0.1) is 12.5 Å². The molecular weight excluding hydrogens is 464 g/mol. The second-order valence-corrected chi connectivity index (χ2v) is 7.28. The van der Waals surface area contributed by atoms with Crippen LogP contribution < -0.4 is 33.2 Å². The third-order valence-corrected chi connectivity index (χ3v) is 4.52. The number of rotatable bonds is 16. The van der Waals surface area contributed by atoms with Crippen molar-refractivity contribution >= 4 is 54.1 Å². The van der Waals surface area contributed by atoms with Gasteiger partial charge in [-0.2, -0.15) is 12.6 Å². The van der Waals surface area contributed by atoms with Crippen LogP contribution in [0.4, 0.5) is 0 Å². The minimum Gasteiger partial charge on any atom is -0.481 e. The lowest BCUT2D eigenvalue weighted by Gasteiger charge is -2.24. The Bertz CT molecular complexity index is 778. The molecule has 15 nitrogen and oxygen atoms in total. The van der Waals surface area contributed by atoms with Crippen molar-refractivity contribution in [1.82, 2.24) is 16.0 Å². The van der Waals surface area contributed by atoms with E-state index >= 15 is 0 Å². The van der Waals surface area contributed by atoms with Crippen LogP contribution in [0.1, 0.15) is 32.1 Å². The maximum Gasteiger partial charge on any atom is 0.326 e. The second kappa shape index (κ2) is 14.6. The maximum absolute atomic E-state index is 12.6. The van der Waals surface area contributed by atoms with E-state index in [-0.39, 0.29) is 25.0 Å². The zero-order chi connectivity index (χ0) is 25.7. The van der Waals surface area contributed by atoms with Crippen molar-refractivity contribution in [2.75, 3.05) is 5.75 Å². The molecule has 0 saturated heterocycles. The molecule has 11 N–H and O–H groups in total. The van der Waals surface area contributed by atoms with Gasteiger partial charge in [0.15, 0.2) is 0 Å². The molecular formula is C17H28N6O9S. The van der Waals surface area contributed by atoms with Crippen molar-refractivity contribution in [2.24, 2.45) is 17.2 Å². The van der Waals surface area contributed by atoms with Crippen molar-refractivity contribution in [2.45, 2.75) is 56.3 Å². The van der Waals surface area contributed by atoms with Gasteiger partial charge < -0.3 is 43.4 Å². The molecule has 0 spiro atoms. The molecule has 0 aliphatic heterocycles. The van der Waals surface area contributed by atoms with E-state index in [0.717, 1.165) is 0 Å². The van der Waals surface area contributed by atoms with E-state index in [0.29, 0.717) is 0 Å². The van der Waals surface area contributed by atoms with E-state index in [2.05, 4.69) is 23.3 Å². The van der Waals surface area contributed by atoms with E-state index in [1.165, 1.54) is 0 Å². The number of amides is 5. The van der Waals surface area contributed by atoms with Gasteiger partial charge in [0, 0.05) is 18.6 Å². The van der Waals surface area contributed by atoms with Gasteiger partial charge in [-0.05, 0) is 12.8 Å². The van der Waals surface area contributed by atoms with E-state index in [1.54, 1.807) is 0 Å². The smallest absolute Gasteiger partial charge is 0.326 e. The van der Waals surface area contributed by atoms with Gasteiger partial charge in [0.2, 0.25) is 29.5 Å². The monoisotopic (exact) mass is 492 g/mol. The Balaban J connectivity index is 5.31. The zero-order valence-electron chi connectivity index (χ0n) is 17.5. The third-order valence-electron chi connectivity index (χ3n) is 4.15. The normalized spacial score (nSPS) is 14.1. The maximum atomic E-state index is 12.6. The SMILES string of the molecule is NC(=O)CCC(NC(=O)C(N)CCC(=O)O)C(=O)NC(CS)C(=O)NC(CC(N)=O)C(=O)O. The summed E-state index contributed by atoms with van der Waals surface area (Å²) in [6, 6.07) is -5.67. The molecule has 16 heteroatoms. The molecule has 5 amide bonds. The molecule has 0 aromatic carbocycles. The number of primary amides is 2. The van der Waals surface area contributed by atoms with E-state index in [4.69, 9.17) is 27.4 Å². The van der Waals surface area contributed by atoms with Gasteiger partial charge in [-0.15, -0.1) is 0 Å². The van der Waals surface area contributed by atoms with Crippen LogP contribution in [0.3, 0.4) is 0 Å². The molecule has 0 aromatic rings. The Morgan fingerprint density at radius 2 is 1.24 bits per heavy atom. The van der Waals surface area contributed by atoms with Crippen molar-refractivity contribution in [3.8, 4) is 0 Å². The molecule has 0 heterocycles. The highest BCUT2D eigenvalue weighted by molar-refractivity contribution is 7.80. The first-order valence-corrected chi connectivity index (χ1v) is 10.2. The lowest BCUT2D eigenvalue weighted by atomic mass is 10.1. The fraction of sp³-hybridized carbons (Fsp3) is 0.588. The minimum atomic E-state index is -1.65. The Hall–Kier alpha value is -3.40. The highest BCUT2D eigenvalue weighted by Gasteiger charge is 2.30. The Labute approximate surface area is 193 Å². The number of carbonyl (C=O) groups excluding carboxylic acids is 5. The van der Waals surface area contributed by atoms with Crippen LogP contribution >= 0.6 is 12.6 Å². The molecule has 0 aliphatic rings. The Morgan fingerprint density at radius 3 is 1.70 bits per heavy atom. The van der Waals surface area contributed by atoms with Gasteiger partial charge in [0.25, 0.3) is 0 Å². The first-order valence-electron chi connectivity index (χ1n) is 9.57. The molecule has 33 heavy (non-hydrogen) atoms. The van der Waals surface area contributed by atoms with Crippen LogP contribution in [0.15, 0.2) is 0 Å². The number of carboxylic acid groups (broad SMARTS) is 2. The summed E-state index contributed by atoms with van der Waals surface area (Å²) in [5, 5.41) is 24.3. The van der Waals surface area contributed by atoms with Crippen LogP contribution in [-0.2, 0) is 33.6 Å². The first-order chi connectivity index (χ1) is 15.3. The summed E-state index contributed by atoms with van der Waals surface area (Å²) < 4.78 is 0. The number of hydrogen-bond acceptors (Lipinski definition) is 9. The topological polar surface area (TPSA) is 274 Å². The molecule has 0 rings (SSSR count). The Kier molecular flexibility index (Phi) is 13.1. The number of nitrogens with one attached hydrogen (secondary N) is 3. The molecule has 186 valence electrons. The summed E-state index contributed by atoms with van der Waals surface area (Å²) in [4.78, 5) is 81.0. The number of aliphatic carboxylic acids is 2. The highest BCUT2D eigenvalue weighted by Crippen LogP contribution is 2.03. The second-order valence-electron chi connectivity index (χ2n) is 6.92. The lowest BCUT2D eigenvalue weighted by Crippen LogP contribution is -2.58. The van der Waals surface area contributed by atoms with E-state index in [9.17, 15) is 33.6 Å². The van der Waals surface area contributed by atoms with Crippen molar-refractivity contribution in [1.29, 1.82) is 0 Å². The Morgan fingerprint density at radius 1 is 0.727 bits per heavy atom. The van der Waals surface area contributed by atoms with Crippen LogP contribution in [0.2, 0.25) is 0 Å². The number of hydrogen-bond donors (Lipinski definition) is 9. The summed E-state index contributed by atoms with van der Waals surface area (Å²) in [6.45, 7) is 0. The van der Waals surface area contributed by atoms with Gasteiger partial charge in [-0.1, -0.05) is 0 Å². The van der Waals surface area contributed by atoms with Crippen molar-refractivity contribution in [3.05, 3.63) is 0 Å². The molecule has 0 aromatic heterocycles. The van der Waals surface area contributed by atoms with Gasteiger partial charge in [-0.3, -0.25) is 28.8 Å². The summed E-state index contributed by atoms with van der Waals surface area (Å²) >= 11 is 3.92. The third kappa shape index (κ3) is 12.3. The standard InChI is InChI=1S/C17H28N6O9S/c18-7(1-4-13(26)27)14(28)21-8(2-3-11(19)24)15(29)23-10(6-33)16(30)22-9(17(31)32)5-12(20)25/h7-10,33H,1-6,18H2,(H2,19,24)(H2,20,25)(H,21,28)(H,22,30)(H,23,29)(H,26,27)(H,31,32). The number of carbonyl (C=O) groups is 7. The predicted molar refractivity (Wildman–Crippen MR) is 114 cm³/mol. The minimum absolute atomic E-state index is 0.219. The van der Waals surface area contributed by atoms with Crippen molar-refractivity contribution < 1.29 is 43.8 Å². The fourth-order valence-electron chi connectivity index (χ4n) is 2.38. The number of carboxylic acids is 2. The molecule has 0 aliphatic carbocycles. The average molecular weight is 493 g/mol. The predicted octanol–water partition coefficient (Wildman–Crippen LogP) is -4.21. The van der Waals surface area contributed by atoms with Crippen LogP contribution in [0, 0.1) is 0 Å². The van der Waals surface area contributed by atoms with Crippen LogP contribution in [-0.4, -0.2) is 81.6 Å². The molecule has 4 atom stereocenters. The summed E-state index contributed by atoms with van der Waals surface area (Å²) in [5.74, 6) is -7.58. The van der Waals surface area contributed by atoms with E-state index < -0.39 is 78.5 Å². The first kappa shape index (κ1) is 29.6. The van der Waals surface area contributed by atoms with E-state index in [1.807, 2.05) is 5.32 Å². The molecule has 0 saturated carbocycles. The van der Waals surface area contributed by atoms with Gasteiger partial charge >= 0.3 is 11.9 Å². The molecule has 0 bridgehead atoms.